The maximum absolute atomic E-state index is 13.2. The predicted octanol–water partition coefficient (Wildman–Crippen LogP) is 3.13. The van der Waals surface area contributed by atoms with Crippen LogP contribution in [0.1, 0.15) is 43.6 Å². The molecule has 3 nitrogen and oxygen atoms in total. The van der Waals surface area contributed by atoms with Crippen molar-refractivity contribution in [3.05, 3.63) is 15.1 Å². The van der Waals surface area contributed by atoms with E-state index in [1.807, 2.05) is 6.92 Å². The molecule has 6 heteroatoms. The van der Waals surface area contributed by atoms with Crippen LogP contribution in [0.25, 0.3) is 0 Å². The highest BCUT2D eigenvalue weighted by Gasteiger charge is 2.41. The van der Waals surface area contributed by atoms with Crippen molar-refractivity contribution in [1.29, 1.82) is 0 Å². The SMILES string of the molecule is CCc1nc(C2CCC(F)(F)C2)nc(N)c1I. The van der Waals surface area contributed by atoms with Crippen molar-refractivity contribution >= 4 is 28.4 Å². The van der Waals surface area contributed by atoms with Crippen LogP contribution in [-0.4, -0.2) is 15.9 Å². The summed E-state index contributed by atoms with van der Waals surface area (Å²) in [5.41, 5.74) is 6.64. The fourth-order valence-electron chi connectivity index (χ4n) is 2.12. The summed E-state index contributed by atoms with van der Waals surface area (Å²) in [6.45, 7) is 1.97. The van der Waals surface area contributed by atoms with E-state index in [1.165, 1.54) is 0 Å². The topological polar surface area (TPSA) is 51.8 Å². The van der Waals surface area contributed by atoms with Crippen molar-refractivity contribution < 1.29 is 8.78 Å². The Bertz CT molecular complexity index is 437. The third-order valence-electron chi connectivity index (χ3n) is 3.07. The van der Waals surface area contributed by atoms with Crippen LogP contribution in [0.2, 0.25) is 0 Å². The summed E-state index contributed by atoms with van der Waals surface area (Å²) in [6.07, 6.45) is 0.946. The first-order valence-corrected chi connectivity index (χ1v) is 6.70. The molecule has 1 aromatic heterocycles. The second-order valence-electron chi connectivity index (χ2n) is 4.38. The van der Waals surface area contributed by atoms with Crippen LogP contribution in [0.3, 0.4) is 0 Å². The van der Waals surface area contributed by atoms with Gasteiger partial charge in [-0.2, -0.15) is 0 Å². The molecule has 0 radical (unpaired) electrons. The number of nitrogens with zero attached hydrogens (tertiary/aromatic N) is 2. The molecule has 1 saturated carbocycles. The largest absolute Gasteiger partial charge is 0.383 e. The Hall–Kier alpha value is -0.530. The van der Waals surface area contributed by atoms with Gasteiger partial charge in [-0.15, -0.1) is 0 Å². The summed E-state index contributed by atoms with van der Waals surface area (Å²) in [5.74, 6) is -1.94. The second-order valence-corrected chi connectivity index (χ2v) is 5.46. The molecule has 0 aliphatic heterocycles. The first-order chi connectivity index (χ1) is 7.93. The van der Waals surface area contributed by atoms with Gasteiger partial charge in [-0.3, -0.25) is 0 Å². The van der Waals surface area contributed by atoms with Crippen molar-refractivity contribution in [3.63, 3.8) is 0 Å². The van der Waals surface area contributed by atoms with Crippen LogP contribution < -0.4 is 5.73 Å². The lowest BCUT2D eigenvalue weighted by Gasteiger charge is -2.12. The van der Waals surface area contributed by atoms with Crippen LogP contribution in [0.5, 0.6) is 0 Å². The van der Waals surface area contributed by atoms with E-state index >= 15 is 0 Å². The highest BCUT2D eigenvalue weighted by atomic mass is 127. The maximum Gasteiger partial charge on any atom is 0.248 e. The van der Waals surface area contributed by atoms with E-state index < -0.39 is 5.92 Å². The zero-order valence-electron chi connectivity index (χ0n) is 9.51. The Labute approximate surface area is 112 Å². The lowest BCUT2D eigenvalue weighted by atomic mass is 10.1. The fraction of sp³-hybridized carbons (Fsp3) is 0.636. The third kappa shape index (κ3) is 2.66. The number of hydrogen-bond donors (Lipinski definition) is 1. The standard InChI is InChI=1S/C11H14F2IN3/c1-2-7-8(14)9(15)17-10(16-7)6-3-4-11(12,13)5-6/h6H,2-5H2,1H3,(H2,15,16,17). The molecule has 1 aromatic rings. The summed E-state index contributed by atoms with van der Waals surface area (Å²) in [5, 5.41) is 0. The van der Waals surface area contributed by atoms with Crippen LogP contribution in [-0.2, 0) is 6.42 Å². The maximum atomic E-state index is 13.2. The minimum absolute atomic E-state index is 0.0750. The smallest absolute Gasteiger partial charge is 0.248 e. The summed E-state index contributed by atoms with van der Waals surface area (Å²) >= 11 is 2.09. The molecule has 2 rings (SSSR count). The van der Waals surface area contributed by atoms with Crippen molar-refractivity contribution in [2.45, 2.75) is 44.4 Å². The second kappa shape index (κ2) is 4.62. The van der Waals surface area contributed by atoms with Crippen molar-refractivity contribution in [2.24, 2.45) is 0 Å². The highest BCUT2D eigenvalue weighted by Crippen LogP contribution is 2.43. The zero-order valence-corrected chi connectivity index (χ0v) is 11.7. The number of nitrogen functional groups attached to an aromatic ring is 1. The number of aryl methyl sites for hydroxylation is 1. The molecule has 1 fully saturated rings. The molecule has 1 heterocycles. The van der Waals surface area contributed by atoms with Crippen LogP contribution >= 0.6 is 22.6 Å². The van der Waals surface area contributed by atoms with E-state index in [0.29, 0.717) is 18.1 Å². The quantitative estimate of drug-likeness (QED) is 0.832. The van der Waals surface area contributed by atoms with Crippen LogP contribution in [0.15, 0.2) is 0 Å². The molecule has 0 spiro atoms. The predicted molar refractivity (Wildman–Crippen MR) is 70.1 cm³/mol. The van der Waals surface area contributed by atoms with E-state index in [4.69, 9.17) is 5.73 Å². The van der Waals surface area contributed by atoms with Gasteiger partial charge in [0.05, 0.1) is 9.26 Å². The van der Waals surface area contributed by atoms with E-state index in [9.17, 15) is 8.78 Å². The molecule has 0 bridgehead atoms. The first kappa shape index (κ1) is 12.9. The number of rotatable bonds is 2. The van der Waals surface area contributed by atoms with Gasteiger partial charge in [0.2, 0.25) is 5.92 Å². The first-order valence-electron chi connectivity index (χ1n) is 5.62. The van der Waals surface area contributed by atoms with Crippen molar-refractivity contribution in [1.82, 2.24) is 9.97 Å². The Morgan fingerprint density at radius 2 is 2.18 bits per heavy atom. The van der Waals surface area contributed by atoms with Gasteiger partial charge in [0, 0.05) is 18.8 Å². The van der Waals surface area contributed by atoms with Gasteiger partial charge < -0.3 is 5.73 Å². The van der Waals surface area contributed by atoms with Gasteiger partial charge >= 0.3 is 0 Å². The Kier molecular flexibility index (Phi) is 3.51. The molecule has 0 saturated heterocycles. The molecular weight excluding hydrogens is 339 g/mol. The number of alkyl halides is 2. The number of halogens is 3. The molecule has 1 unspecified atom stereocenters. The molecule has 1 aliphatic carbocycles. The minimum atomic E-state index is -2.57. The van der Waals surface area contributed by atoms with Crippen LogP contribution in [0.4, 0.5) is 14.6 Å². The lowest BCUT2D eigenvalue weighted by molar-refractivity contribution is 0.00753. The molecule has 1 aliphatic rings. The van der Waals surface area contributed by atoms with Crippen molar-refractivity contribution in [2.75, 3.05) is 5.73 Å². The van der Waals surface area contributed by atoms with E-state index in [-0.39, 0.29) is 18.8 Å². The summed E-state index contributed by atoms with van der Waals surface area (Å²) in [4.78, 5) is 8.52. The molecule has 0 aromatic carbocycles. The van der Waals surface area contributed by atoms with Crippen molar-refractivity contribution in [3.8, 4) is 0 Å². The van der Waals surface area contributed by atoms with Gasteiger partial charge in [-0.1, -0.05) is 6.92 Å². The van der Waals surface area contributed by atoms with E-state index in [1.54, 1.807) is 0 Å². The average molecular weight is 353 g/mol. The molecule has 1 atom stereocenters. The van der Waals surface area contributed by atoms with Gasteiger partial charge in [-0.05, 0) is 35.4 Å². The number of hydrogen-bond acceptors (Lipinski definition) is 3. The van der Waals surface area contributed by atoms with Crippen LogP contribution in [0, 0.1) is 3.57 Å². The third-order valence-corrected chi connectivity index (χ3v) is 4.24. The number of aromatic nitrogens is 2. The van der Waals surface area contributed by atoms with E-state index in [0.717, 1.165) is 15.7 Å². The molecule has 17 heavy (non-hydrogen) atoms. The van der Waals surface area contributed by atoms with Gasteiger partial charge in [0.1, 0.15) is 11.6 Å². The molecule has 94 valence electrons. The summed E-state index contributed by atoms with van der Waals surface area (Å²) in [6, 6.07) is 0. The zero-order chi connectivity index (χ0) is 12.6. The Balaban J connectivity index is 2.31. The fourth-order valence-corrected chi connectivity index (χ4v) is 2.74. The average Bonchev–Trinajstić information content (AvgIpc) is 2.62. The molecular formula is C11H14F2IN3. The van der Waals surface area contributed by atoms with Gasteiger partial charge in [-0.25, -0.2) is 18.7 Å². The molecule has 2 N–H and O–H groups in total. The minimum Gasteiger partial charge on any atom is -0.383 e. The Morgan fingerprint density at radius 1 is 1.47 bits per heavy atom. The van der Waals surface area contributed by atoms with Gasteiger partial charge in [0.25, 0.3) is 0 Å². The Morgan fingerprint density at radius 3 is 2.71 bits per heavy atom. The highest BCUT2D eigenvalue weighted by molar-refractivity contribution is 14.1. The van der Waals surface area contributed by atoms with E-state index in [2.05, 4.69) is 32.6 Å². The normalized spacial score (nSPS) is 22.9. The lowest BCUT2D eigenvalue weighted by Crippen LogP contribution is -2.12. The molecule has 0 amide bonds. The number of anilines is 1. The summed E-state index contributed by atoms with van der Waals surface area (Å²) in [7, 11) is 0. The number of nitrogens with two attached hydrogens (primary N) is 1. The monoisotopic (exact) mass is 353 g/mol. The van der Waals surface area contributed by atoms with Gasteiger partial charge in [0.15, 0.2) is 0 Å². The summed E-state index contributed by atoms with van der Waals surface area (Å²) < 4.78 is 27.1.